The van der Waals surface area contributed by atoms with Crippen LogP contribution in [0.4, 0.5) is 5.69 Å². The summed E-state index contributed by atoms with van der Waals surface area (Å²) in [6, 6.07) is 7.07. The van der Waals surface area contributed by atoms with E-state index in [1.807, 2.05) is 31.1 Å². The van der Waals surface area contributed by atoms with Gasteiger partial charge in [-0.25, -0.2) is 9.59 Å². The third-order valence-electron chi connectivity index (χ3n) is 5.18. The van der Waals surface area contributed by atoms with Gasteiger partial charge in [-0.05, 0) is 54.9 Å². The summed E-state index contributed by atoms with van der Waals surface area (Å²) in [6.45, 7) is 6.18. The molecule has 0 bridgehead atoms. The SMILES string of the molecule is CC(C)[C@H]1CC[C@H](C)C[C@@H]1OC(=O)COC(=O)c1ccc(N(C)C)cc1. The van der Waals surface area contributed by atoms with E-state index in [2.05, 4.69) is 20.8 Å². The number of anilines is 1. The number of hydrogen-bond acceptors (Lipinski definition) is 5. The van der Waals surface area contributed by atoms with Gasteiger partial charge in [0.15, 0.2) is 6.61 Å². The fourth-order valence-corrected chi connectivity index (χ4v) is 3.56. The van der Waals surface area contributed by atoms with Gasteiger partial charge in [-0.2, -0.15) is 0 Å². The molecule has 3 atom stereocenters. The lowest BCUT2D eigenvalue weighted by Crippen LogP contribution is -2.36. The summed E-state index contributed by atoms with van der Waals surface area (Å²) in [6.07, 6.45) is 3.06. The molecular formula is C21H31NO4. The topological polar surface area (TPSA) is 55.8 Å². The van der Waals surface area contributed by atoms with Crippen molar-refractivity contribution in [3.05, 3.63) is 29.8 Å². The van der Waals surface area contributed by atoms with Gasteiger partial charge in [0, 0.05) is 19.8 Å². The number of carbonyl (C=O) groups excluding carboxylic acids is 2. The zero-order valence-electron chi connectivity index (χ0n) is 16.5. The van der Waals surface area contributed by atoms with Crippen LogP contribution in [0.5, 0.6) is 0 Å². The highest BCUT2D eigenvalue weighted by Gasteiger charge is 2.33. The maximum Gasteiger partial charge on any atom is 0.344 e. The Balaban J connectivity index is 1.86. The first-order valence-electron chi connectivity index (χ1n) is 9.42. The minimum absolute atomic E-state index is 0.0793. The molecule has 5 nitrogen and oxygen atoms in total. The zero-order valence-corrected chi connectivity index (χ0v) is 16.5. The van der Waals surface area contributed by atoms with Crippen molar-refractivity contribution in [1.29, 1.82) is 0 Å². The maximum atomic E-state index is 12.2. The highest BCUT2D eigenvalue weighted by atomic mass is 16.6. The van der Waals surface area contributed by atoms with Crippen molar-refractivity contribution in [2.75, 3.05) is 25.6 Å². The zero-order chi connectivity index (χ0) is 19.3. The molecule has 1 aromatic carbocycles. The van der Waals surface area contributed by atoms with Crippen LogP contribution in [0.1, 0.15) is 50.4 Å². The largest absolute Gasteiger partial charge is 0.460 e. The number of hydrogen-bond donors (Lipinski definition) is 0. The number of rotatable bonds is 6. The third-order valence-corrected chi connectivity index (χ3v) is 5.18. The Morgan fingerprint density at radius 3 is 2.38 bits per heavy atom. The quantitative estimate of drug-likeness (QED) is 0.719. The van der Waals surface area contributed by atoms with Crippen molar-refractivity contribution in [3.8, 4) is 0 Å². The molecule has 1 aromatic rings. The predicted molar refractivity (Wildman–Crippen MR) is 102 cm³/mol. The lowest BCUT2D eigenvalue weighted by Gasteiger charge is -2.36. The molecule has 0 unspecified atom stereocenters. The predicted octanol–water partition coefficient (Wildman–Crippen LogP) is 3.91. The number of carbonyl (C=O) groups is 2. The average molecular weight is 361 g/mol. The molecule has 144 valence electrons. The van der Waals surface area contributed by atoms with Gasteiger partial charge in [0.05, 0.1) is 5.56 Å². The Kier molecular flexibility index (Phi) is 7.06. The van der Waals surface area contributed by atoms with Crippen molar-refractivity contribution in [2.45, 2.75) is 46.1 Å². The van der Waals surface area contributed by atoms with E-state index in [1.165, 1.54) is 6.42 Å². The van der Waals surface area contributed by atoms with E-state index in [9.17, 15) is 9.59 Å². The lowest BCUT2D eigenvalue weighted by molar-refractivity contribution is -0.159. The van der Waals surface area contributed by atoms with Gasteiger partial charge in [0.1, 0.15) is 6.10 Å². The van der Waals surface area contributed by atoms with E-state index >= 15 is 0 Å². The van der Waals surface area contributed by atoms with Gasteiger partial charge in [-0.15, -0.1) is 0 Å². The Hall–Kier alpha value is -2.04. The molecule has 26 heavy (non-hydrogen) atoms. The summed E-state index contributed by atoms with van der Waals surface area (Å²) in [5, 5.41) is 0. The van der Waals surface area contributed by atoms with E-state index in [0.29, 0.717) is 23.3 Å². The number of esters is 2. The molecule has 1 fully saturated rings. The van der Waals surface area contributed by atoms with Crippen LogP contribution in [-0.2, 0) is 14.3 Å². The second-order valence-electron chi connectivity index (χ2n) is 7.87. The summed E-state index contributed by atoms with van der Waals surface area (Å²) in [5.74, 6) is 0.431. The van der Waals surface area contributed by atoms with Crippen molar-refractivity contribution in [1.82, 2.24) is 0 Å². The van der Waals surface area contributed by atoms with Crippen LogP contribution in [-0.4, -0.2) is 38.7 Å². The van der Waals surface area contributed by atoms with Gasteiger partial charge in [0.2, 0.25) is 0 Å². The number of nitrogens with zero attached hydrogens (tertiary/aromatic N) is 1. The molecular weight excluding hydrogens is 330 g/mol. The van der Waals surface area contributed by atoms with Gasteiger partial charge in [-0.3, -0.25) is 0 Å². The summed E-state index contributed by atoms with van der Waals surface area (Å²) < 4.78 is 10.8. The van der Waals surface area contributed by atoms with Gasteiger partial charge in [-0.1, -0.05) is 27.2 Å². The first-order valence-corrected chi connectivity index (χ1v) is 9.42. The molecule has 0 aromatic heterocycles. The fourth-order valence-electron chi connectivity index (χ4n) is 3.56. The standard InChI is InChI=1S/C21H31NO4/c1-14(2)18-11-6-15(3)12-19(18)26-20(23)13-25-21(24)16-7-9-17(10-8-16)22(4)5/h7-10,14-15,18-19H,6,11-13H2,1-5H3/t15-,18+,19-/m0/s1. The molecule has 0 amide bonds. The first kappa shape index (κ1) is 20.3. The minimum atomic E-state index is -0.510. The Bertz CT molecular complexity index is 609. The molecule has 1 saturated carbocycles. The Labute approximate surface area is 156 Å². The molecule has 5 heteroatoms. The Morgan fingerprint density at radius 2 is 1.81 bits per heavy atom. The fraction of sp³-hybridized carbons (Fsp3) is 0.619. The van der Waals surface area contributed by atoms with Gasteiger partial charge in [0.25, 0.3) is 0 Å². The Morgan fingerprint density at radius 1 is 1.15 bits per heavy atom. The molecule has 0 saturated heterocycles. The van der Waals surface area contributed by atoms with Crippen LogP contribution in [0.2, 0.25) is 0 Å². The summed E-state index contributed by atoms with van der Waals surface area (Å²) in [4.78, 5) is 26.2. The van der Waals surface area contributed by atoms with Crippen LogP contribution in [0.3, 0.4) is 0 Å². The van der Waals surface area contributed by atoms with Gasteiger partial charge >= 0.3 is 11.9 Å². The molecule has 0 aliphatic heterocycles. The highest BCUT2D eigenvalue weighted by Crippen LogP contribution is 2.35. The van der Waals surface area contributed by atoms with Crippen LogP contribution in [0.25, 0.3) is 0 Å². The van der Waals surface area contributed by atoms with Crippen molar-refractivity contribution in [3.63, 3.8) is 0 Å². The van der Waals surface area contributed by atoms with Crippen LogP contribution < -0.4 is 4.90 Å². The van der Waals surface area contributed by atoms with E-state index in [4.69, 9.17) is 9.47 Å². The van der Waals surface area contributed by atoms with Crippen LogP contribution in [0.15, 0.2) is 24.3 Å². The summed E-state index contributed by atoms with van der Waals surface area (Å²) in [7, 11) is 3.86. The third kappa shape index (κ3) is 5.48. The van der Waals surface area contributed by atoms with E-state index in [1.54, 1.807) is 12.1 Å². The van der Waals surface area contributed by atoms with Crippen LogP contribution >= 0.6 is 0 Å². The molecule has 0 N–H and O–H groups in total. The maximum absolute atomic E-state index is 12.2. The van der Waals surface area contributed by atoms with Crippen LogP contribution in [0, 0.1) is 17.8 Å². The second kappa shape index (κ2) is 9.06. The van der Waals surface area contributed by atoms with E-state index < -0.39 is 11.9 Å². The van der Waals surface area contributed by atoms with Crippen molar-refractivity contribution in [2.24, 2.45) is 17.8 Å². The number of ether oxygens (including phenoxy) is 2. The minimum Gasteiger partial charge on any atom is -0.460 e. The molecule has 1 aliphatic carbocycles. The summed E-state index contributed by atoms with van der Waals surface area (Å²) >= 11 is 0. The van der Waals surface area contributed by atoms with Gasteiger partial charge < -0.3 is 14.4 Å². The molecule has 0 heterocycles. The first-order chi connectivity index (χ1) is 12.3. The van der Waals surface area contributed by atoms with Crippen molar-refractivity contribution < 1.29 is 19.1 Å². The van der Waals surface area contributed by atoms with Crippen molar-refractivity contribution >= 4 is 17.6 Å². The molecule has 0 spiro atoms. The average Bonchev–Trinajstić information content (AvgIpc) is 2.59. The second-order valence-corrected chi connectivity index (χ2v) is 7.87. The summed E-state index contributed by atoms with van der Waals surface area (Å²) in [5.41, 5.74) is 1.42. The normalized spacial score (nSPS) is 22.8. The smallest absolute Gasteiger partial charge is 0.344 e. The molecule has 1 aliphatic rings. The molecule has 0 radical (unpaired) electrons. The van der Waals surface area contributed by atoms with E-state index in [0.717, 1.165) is 18.5 Å². The van der Waals surface area contributed by atoms with E-state index in [-0.39, 0.29) is 12.7 Å². The molecule has 2 rings (SSSR count). The number of benzene rings is 1. The highest BCUT2D eigenvalue weighted by molar-refractivity contribution is 5.91. The lowest BCUT2D eigenvalue weighted by atomic mass is 9.75. The monoisotopic (exact) mass is 361 g/mol.